The first kappa shape index (κ1) is 10.8. The standard InChI is InChI=1S/C12H17N3O/c1-4-8(2)15-7-14-10-6-12(16-3)9(13)5-11(10)15/h5-8H,4,13H2,1-3H3. The smallest absolute Gasteiger partial charge is 0.144 e. The highest BCUT2D eigenvalue weighted by Gasteiger charge is 2.10. The number of nitrogens with zero attached hydrogens (tertiary/aromatic N) is 2. The van der Waals surface area contributed by atoms with Crippen molar-refractivity contribution in [2.75, 3.05) is 12.8 Å². The summed E-state index contributed by atoms with van der Waals surface area (Å²) < 4.78 is 7.32. The molecule has 86 valence electrons. The van der Waals surface area contributed by atoms with Crippen LogP contribution in [0.2, 0.25) is 0 Å². The lowest BCUT2D eigenvalue weighted by molar-refractivity contribution is 0.417. The number of benzene rings is 1. The van der Waals surface area contributed by atoms with Crippen LogP contribution < -0.4 is 10.5 Å². The molecule has 0 aliphatic heterocycles. The van der Waals surface area contributed by atoms with Crippen molar-refractivity contribution in [2.45, 2.75) is 26.3 Å². The van der Waals surface area contributed by atoms with E-state index in [1.807, 2.05) is 18.5 Å². The lowest BCUT2D eigenvalue weighted by Gasteiger charge is -2.12. The van der Waals surface area contributed by atoms with E-state index in [2.05, 4.69) is 23.4 Å². The van der Waals surface area contributed by atoms with Crippen LogP contribution in [0.15, 0.2) is 18.5 Å². The Bertz CT molecular complexity index is 504. The van der Waals surface area contributed by atoms with E-state index in [9.17, 15) is 0 Å². The molecule has 0 radical (unpaired) electrons. The SMILES string of the molecule is CCC(C)n1cnc2cc(OC)c(N)cc21. The van der Waals surface area contributed by atoms with Gasteiger partial charge in [-0.05, 0) is 19.4 Å². The van der Waals surface area contributed by atoms with Crippen LogP contribution >= 0.6 is 0 Å². The molecule has 0 saturated heterocycles. The third-order valence-corrected chi connectivity index (χ3v) is 2.99. The molecule has 2 N–H and O–H groups in total. The molecule has 1 atom stereocenters. The summed E-state index contributed by atoms with van der Waals surface area (Å²) in [6.07, 6.45) is 2.93. The predicted molar refractivity (Wildman–Crippen MR) is 65.7 cm³/mol. The Morgan fingerprint density at radius 1 is 1.50 bits per heavy atom. The molecule has 2 aromatic rings. The second kappa shape index (κ2) is 4.04. The van der Waals surface area contributed by atoms with Gasteiger partial charge in [0.25, 0.3) is 0 Å². The molecular weight excluding hydrogens is 202 g/mol. The number of imidazole rings is 1. The van der Waals surface area contributed by atoms with Crippen molar-refractivity contribution < 1.29 is 4.74 Å². The van der Waals surface area contributed by atoms with Crippen LogP contribution in [0.25, 0.3) is 11.0 Å². The quantitative estimate of drug-likeness (QED) is 0.807. The van der Waals surface area contributed by atoms with Gasteiger partial charge in [0.15, 0.2) is 0 Å². The fourth-order valence-corrected chi connectivity index (χ4v) is 1.80. The van der Waals surface area contributed by atoms with Gasteiger partial charge in [-0.1, -0.05) is 6.92 Å². The van der Waals surface area contributed by atoms with Gasteiger partial charge in [-0.3, -0.25) is 0 Å². The average molecular weight is 219 g/mol. The Labute approximate surface area is 95.0 Å². The molecule has 0 spiro atoms. The van der Waals surface area contributed by atoms with E-state index in [4.69, 9.17) is 10.5 Å². The van der Waals surface area contributed by atoms with E-state index in [0.717, 1.165) is 17.5 Å². The zero-order chi connectivity index (χ0) is 11.7. The topological polar surface area (TPSA) is 53.1 Å². The van der Waals surface area contributed by atoms with Gasteiger partial charge in [-0.15, -0.1) is 0 Å². The molecule has 16 heavy (non-hydrogen) atoms. The summed E-state index contributed by atoms with van der Waals surface area (Å²) in [5.74, 6) is 0.682. The van der Waals surface area contributed by atoms with Gasteiger partial charge in [-0.2, -0.15) is 0 Å². The number of fused-ring (bicyclic) bond motifs is 1. The summed E-state index contributed by atoms with van der Waals surface area (Å²) in [4.78, 5) is 4.36. The summed E-state index contributed by atoms with van der Waals surface area (Å²) in [5.41, 5.74) is 8.54. The zero-order valence-corrected chi connectivity index (χ0v) is 9.90. The minimum Gasteiger partial charge on any atom is -0.495 e. The summed E-state index contributed by atoms with van der Waals surface area (Å²) in [6.45, 7) is 4.32. The Hall–Kier alpha value is -1.71. The summed E-state index contributed by atoms with van der Waals surface area (Å²) in [6, 6.07) is 4.23. The average Bonchev–Trinajstić information content (AvgIpc) is 2.69. The fourth-order valence-electron chi connectivity index (χ4n) is 1.80. The van der Waals surface area contributed by atoms with Crippen LogP contribution in [0.5, 0.6) is 5.75 Å². The van der Waals surface area contributed by atoms with Crippen molar-refractivity contribution in [3.05, 3.63) is 18.5 Å². The monoisotopic (exact) mass is 219 g/mol. The second-order valence-corrected chi connectivity index (χ2v) is 3.99. The number of hydrogen-bond donors (Lipinski definition) is 1. The summed E-state index contributed by atoms with van der Waals surface area (Å²) in [5, 5.41) is 0. The molecule has 0 bridgehead atoms. The molecule has 0 fully saturated rings. The Balaban J connectivity index is 2.60. The number of rotatable bonds is 3. The van der Waals surface area contributed by atoms with Crippen molar-refractivity contribution in [3.8, 4) is 5.75 Å². The molecule has 0 amide bonds. The van der Waals surface area contributed by atoms with Crippen LogP contribution in [0.3, 0.4) is 0 Å². The van der Waals surface area contributed by atoms with Crippen LogP contribution in [0.4, 0.5) is 5.69 Å². The van der Waals surface area contributed by atoms with Crippen molar-refractivity contribution in [2.24, 2.45) is 0 Å². The van der Waals surface area contributed by atoms with Crippen LogP contribution in [0.1, 0.15) is 26.3 Å². The van der Waals surface area contributed by atoms with Gasteiger partial charge in [0, 0.05) is 12.1 Å². The highest BCUT2D eigenvalue weighted by Crippen LogP contribution is 2.29. The molecule has 4 nitrogen and oxygen atoms in total. The third-order valence-electron chi connectivity index (χ3n) is 2.99. The molecule has 1 aromatic heterocycles. The zero-order valence-electron chi connectivity index (χ0n) is 9.90. The first-order valence-corrected chi connectivity index (χ1v) is 5.47. The summed E-state index contributed by atoms with van der Waals surface area (Å²) >= 11 is 0. The van der Waals surface area contributed by atoms with Gasteiger partial charge < -0.3 is 15.0 Å². The van der Waals surface area contributed by atoms with Crippen LogP contribution in [-0.2, 0) is 0 Å². The lowest BCUT2D eigenvalue weighted by atomic mass is 10.2. The van der Waals surface area contributed by atoms with Crippen molar-refractivity contribution in [1.82, 2.24) is 9.55 Å². The first-order chi connectivity index (χ1) is 7.67. The summed E-state index contributed by atoms with van der Waals surface area (Å²) in [7, 11) is 1.61. The van der Waals surface area contributed by atoms with Crippen LogP contribution in [-0.4, -0.2) is 16.7 Å². The molecule has 1 unspecified atom stereocenters. The normalized spacial score (nSPS) is 12.9. The number of ether oxygens (including phenoxy) is 1. The Morgan fingerprint density at radius 2 is 2.25 bits per heavy atom. The van der Waals surface area contributed by atoms with E-state index in [-0.39, 0.29) is 0 Å². The molecule has 0 saturated carbocycles. The first-order valence-electron chi connectivity index (χ1n) is 5.47. The van der Waals surface area contributed by atoms with E-state index in [0.29, 0.717) is 17.5 Å². The maximum absolute atomic E-state index is 5.90. The molecule has 1 heterocycles. The molecule has 2 rings (SSSR count). The maximum atomic E-state index is 5.90. The number of aromatic nitrogens is 2. The third kappa shape index (κ3) is 1.60. The Kier molecular flexibility index (Phi) is 2.73. The van der Waals surface area contributed by atoms with Crippen molar-refractivity contribution in [1.29, 1.82) is 0 Å². The number of nitrogens with two attached hydrogens (primary N) is 1. The van der Waals surface area contributed by atoms with Gasteiger partial charge >= 0.3 is 0 Å². The molecular formula is C12H17N3O. The van der Waals surface area contributed by atoms with Crippen LogP contribution in [0, 0.1) is 0 Å². The lowest BCUT2D eigenvalue weighted by Crippen LogP contribution is -2.02. The minimum absolute atomic E-state index is 0.429. The van der Waals surface area contributed by atoms with Gasteiger partial charge in [0.2, 0.25) is 0 Å². The number of anilines is 1. The highest BCUT2D eigenvalue weighted by molar-refractivity contribution is 5.82. The minimum atomic E-state index is 0.429. The van der Waals surface area contributed by atoms with Gasteiger partial charge in [-0.25, -0.2) is 4.98 Å². The molecule has 4 heteroatoms. The number of hydrogen-bond acceptors (Lipinski definition) is 3. The van der Waals surface area contributed by atoms with Gasteiger partial charge in [0.1, 0.15) is 5.75 Å². The highest BCUT2D eigenvalue weighted by atomic mass is 16.5. The van der Waals surface area contributed by atoms with Gasteiger partial charge in [0.05, 0.1) is 30.2 Å². The van der Waals surface area contributed by atoms with E-state index >= 15 is 0 Å². The van der Waals surface area contributed by atoms with E-state index < -0.39 is 0 Å². The van der Waals surface area contributed by atoms with E-state index in [1.165, 1.54) is 0 Å². The molecule has 0 aliphatic rings. The maximum Gasteiger partial charge on any atom is 0.144 e. The number of nitrogen functional groups attached to an aromatic ring is 1. The Morgan fingerprint density at radius 3 is 2.88 bits per heavy atom. The predicted octanol–water partition coefficient (Wildman–Crippen LogP) is 2.60. The largest absolute Gasteiger partial charge is 0.495 e. The van der Waals surface area contributed by atoms with Crippen molar-refractivity contribution >= 4 is 16.7 Å². The fraction of sp³-hybridized carbons (Fsp3) is 0.417. The molecule has 1 aromatic carbocycles. The van der Waals surface area contributed by atoms with Crippen molar-refractivity contribution in [3.63, 3.8) is 0 Å². The second-order valence-electron chi connectivity index (χ2n) is 3.99. The molecule has 0 aliphatic carbocycles. The number of methoxy groups -OCH3 is 1. The van der Waals surface area contributed by atoms with E-state index in [1.54, 1.807) is 7.11 Å².